The summed E-state index contributed by atoms with van der Waals surface area (Å²) in [5, 5.41) is 21.8. The van der Waals surface area contributed by atoms with Gasteiger partial charge in [-0.3, -0.25) is 19.4 Å². The Morgan fingerprint density at radius 1 is 0.951 bits per heavy atom. The van der Waals surface area contributed by atoms with Gasteiger partial charge in [-0.15, -0.1) is 0 Å². The minimum atomic E-state index is -5.08. The van der Waals surface area contributed by atoms with E-state index >= 15 is 0 Å². The summed E-state index contributed by atoms with van der Waals surface area (Å²) in [5.74, 6) is -4.56. The molecule has 1 amide bonds. The summed E-state index contributed by atoms with van der Waals surface area (Å²) in [6.07, 6.45) is -2.74. The molecule has 4 rings (SSSR count). The number of halogens is 6. The molecule has 4 heterocycles. The number of carbonyl (C=O) groups excluding carboxylic acids is 1. The highest BCUT2D eigenvalue weighted by Gasteiger charge is 2.39. The van der Waals surface area contributed by atoms with Crippen LogP contribution in [0, 0.1) is 11.8 Å². The second-order valence-electron chi connectivity index (χ2n) is 9.18. The lowest BCUT2D eigenvalue weighted by atomic mass is 9.99. The number of amides is 1. The Balaban J connectivity index is 0.000000349. The molecule has 0 aromatic carbocycles. The number of alkyl halides is 6. The van der Waals surface area contributed by atoms with Crippen LogP contribution < -0.4 is 5.32 Å². The van der Waals surface area contributed by atoms with Crippen LogP contribution in [0.25, 0.3) is 0 Å². The fourth-order valence-electron chi connectivity index (χ4n) is 4.02. The third-order valence-electron chi connectivity index (χ3n) is 5.95. The second-order valence-corrected chi connectivity index (χ2v) is 9.18. The molecule has 2 aromatic heterocycles. The fourth-order valence-corrected chi connectivity index (χ4v) is 4.02. The maximum absolute atomic E-state index is 12.4. The molecule has 0 radical (unpaired) electrons. The third kappa shape index (κ3) is 12.1. The first-order chi connectivity index (χ1) is 19.2. The van der Waals surface area contributed by atoms with Gasteiger partial charge in [-0.2, -0.15) is 31.4 Å². The standard InChI is InChI=1S/C20H27N5O2.2C2HF3O2/c26-20(18-2-1-6-21-11-18)22-10-17-13-24(12-16-4-8-27-9-5-16)15-19-3-7-23-25(19)14-17;2*3-2(4,5)1(6)7/h1-3,6-7,11,16-17H,4-5,8-10,12-15H2,(H,22,26);2*(H,6,7). The van der Waals surface area contributed by atoms with Crippen LogP contribution in [0.3, 0.4) is 0 Å². The van der Waals surface area contributed by atoms with Crippen LogP contribution in [-0.4, -0.2) is 92.9 Å². The average molecular weight is 598 g/mol. The van der Waals surface area contributed by atoms with E-state index in [9.17, 15) is 31.1 Å². The number of fused-ring (bicyclic) bond motifs is 1. The number of rotatable bonds is 5. The minimum Gasteiger partial charge on any atom is -0.475 e. The molecule has 41 heavy (non-hydrogen) atoms. The topological polar surface area (TPSA) is 147 Å². The van der Waals surface area contributed by atoms with E-state index in [1.165, 1.54) is 5.69 Å². The Bertz CT molecular complexity index is 1100. The smallest absolute Gasteiger partial charge is 0.475 e. The van der Waals surface area contributed by atoms with E-state index < -0.39 is 24.3 Å². The molecule has 1 saturated heterocycles. The van der Waals surface area contributed by atoms with Crippen LogP contribution >= 0.6 is 0 Å². The van der Waals surface area contributed by atoms with E-state index in [1.54, 1.807) is 24.5 Å². The van der Waals surface area contributed by atoms with Gasteiger partial charge in [0.2, 0.25) is 0 Å². The Morgan fingerprint density at radius 2 is 1.56 bits per heavy atom. The van der Waals surface area contributed by atoms with E-state index in [0.29, 0.717) is 23.9 Å². The highest BCUT2D eigenvalue weighted by molar-refractivity contribution is 5.93. The first-order valence-electron chi connectivity index (χ1n) is 12.3. The number of hydrogen-bond donors (Lipinski definition) is 3. The third-order valence-corrected chi connectivity index (χ3v) is 5.95. The van der Waals surface area contributed by atoms with E-state index in [0.717, 1.165) is 52.2 Å². The molecule has 0 saturated carbocycles. The number of aromatic nitrogens is 3. The van der Waals surface area contributed by atoms with Crippen molar-refractivity contribution in [3.63, 3.8) is 0 Å². The van der Waals surface area contributed by atoms with Gasteiger partial charge in [0.25, 0.3) is 5.91 Å². The first-order valence-corrected chi connectivity index (χ1v) is 12.3. The second kappa shape index (κ2) is 15.3. The predicted molar refractivity (Wildman–Crippen MR) is 128 cm³/mol. The van der Waals surface area contributed by atoms with Gasteiger partial charge in [-0.25, -0.2) is 9.59 Å². The van der Waals surface area contributed by atoms with Gasteiger partial charge in [-0.05, 0) is 37.0 Å². The lowest BCUT2D eigenvalue weighted by molar-refractivity contribution is -0.193. The maximum Gasteiger partial charge on any atom is 0.490 e. The van der Waals surface area contributed by atoms with Gasteiger partial charge >= 0.3 is 24.3 Å². The molecule has 2 aliphatic heterocycles. The molecular weight excluding hydrogens is 568 g/mol. The Labute approximate surface area is 230 Å². The highest BCUT2D eigenvalue weighted by atomic mass is 19.4. The van der Waals surface area contributed by atoms with Gasteiger partial charge in [0.05, 0.1) is 11.3 Å². The van der Waals surface area contributed by atoms with E-state index in [-0.39, 0.29) is 5.91 Å². The van der Waals surface area contributed by atoms with Gasteiger partial charge in [0.15, 0.2) is 0 Å². The molecule has 17 heteroatoms. The van der Waals surface area contributed by atoms with Crippen LogP contribution in [0.1, 0.15) is 28.9 Å². The quantitative estimate of drug-likeness (QED) is 0.443. The van der Waals surface area contributed by atoms with Crippen molar-refractivity contribution in [3.05, 3.63) is 48.0 Å². The van der Waals surface area contributed by atoms with Crippen molar-refractivity contribution < 1.29 is 55.7 Å². The summed E-state index contributed by atoms with van der Waals surface area (Å²) < 4.78 is 71.1. The van der Waals surface area contributed by atoms with Crippen LogP contribution in [0.5, 0.6) is 0 Å². The van der Waals surface area contributed by atoms with Crippen molar-refractivity contribution in [1.82, 2.24) is 25.0 Å². The molecular formula is C24H29F6N5O6. The van der Waals surface area contributed by atoms with Crippen LogP contribution in [0.4, 0.5) is 26.3 Å². The number of nitrogens with zero attached hydrogens (tertiary/aromatic N) is 4. The number of aliphatic carboxylic acids is 2. The summed E-state index contributed by atoms with van der Waals surface area (Å²) >= 11 is 0. The van der Waals surface area contributed by atoms with Crippen molar-refractivity contribution in [2.24, 2.45) is 11.8 Å². The number of carbonyl (C=O) groups is 3. The summed E-state index contributed by atoms with van der Waals surface area (Å²) in [4.78, 5) is 36.7. The average Bonchev–Trinajstić information content (AvgIpc) is 3.26. The number of pyridine rings is 1. The molecule has 0 spiro atoms. The normalized spacial score (nSPS) is 18.0. The molecule has 1 fully saturated rings. The molecule has 0 aliphatic carbocycles. The van der Waals surface area contributed by atoms with Crippen molar-refractivity contribution in [3.8, 4) is 0 Å². The number of nitrogens with one attached hydrogen (secondary N) is 1. The zero-order chi connectivity index (χ0) is 30.6. The molecule has 228 valence electrons. The van der Waals surface area contributed by atoms with Crippen LogP contribution in [0.15, 0.2) is 36.8 Å². The Kier molecular flexibility index (Phi) is 12.5. The molecule has 3 N–H and O–H groups in total. The summed E-state index contributed by atoms with van der Waals surface area (Å²) in [7, 11) is 0. The van der Waals surface area contributed by atoms with Gasteiger partial charge in [0, 0.05) is 70.4 Å². The van der Waals surface area contributed by atoms with E-state index in [1.807, 2.05) is 6.20 Å². The number of carboxylic acid groups (broad SMARTS) is 2. The van der Waals surface area contributed by atoms with Crippen molar-refractivity contribution in [2.75, 3.05) is 32.8 Å². The van der Waals surface area contributed by atoms with Gasteiger partial charge in [0.1, 0.15) is 0 Å². The van der Waals surface area contributed by atoms with Crippen LogP contribution in [-0.2, 0) is 27.4 Å². The Morgan fingerprint density at radius 3 is 2.10 bits per heavy atom. The lowest BCUT2D eigenvalue weighted by Gasteiger charge is -2.30. The molecule has 2 aromatic rings. The van der Waals surface area contributed by atoms with E-state index in [4.69, 9.17) is 24.5 Å². The van der Waals surface area contributed by atoms with Crippen LogP contribution in [0.2, 0.25) is 0 Å². The van der Waals surface area contributed by atoms with Crippen molar-refractivity contribution in [2.45, 2.75) is 38.3 Å². The van der Waals surface area contributed by atoms with Gasteiger partial charge in [-0.1, -0.05) is 0 Å². The Hall–Kier alpha value is -3.73. The highest BCUT2D eigenvalue weighted by Crippen LogP contribution is 2.21. The molecule has 11 nitrogen and oxygen atoms in total. The molecule has 2 aliphatic rings. The largest absolute Gasteiger partial charge is 0.490 e. The number of ether oxygens (including phenoxy) is 1. The SMILES string of the molecule is O=C(NCC1CN(CC2CCOCC2)Cc2ccnn2C1)c1cccnc1.O=C(O)C(F)(F)F.O=C(O)C(F)(F)F. The molecule has 1 atom stereocenters. The predicted octanol–water partition coefficient (Wildman–Crippen LogP) is 2.83. The van der Waals surface area contributed by atoms with Gasteiger partial charge < -0.3 is 20.3 Å². The van der Waals surface area contributed by atoms with Crippen molar-refractivity contribution >= 4 is 17.8 Å². The van der Waals surface area contributed by atoms with E-state index in [2.05, 4.69) is 31.0 Å². The fraction of sp³-hybridized carbons (Fsp3) is 0.542. The zero-order valence-corrected chi connectivity index (χ0v) is 21.6. The number of carboxylic acids is 2. The number of hydrogen-bond acceptors (Lipinski definition) is 7. The maximum atomic E-state index is 12.4. The monoisotopic (exact) mass is 597 g/mol. The summed E-state index contributed by atoms with van der Waals surface area (Å²) in [6.45, 7) is 6.19. The zero-order valence-electron chi connectivity index (χ0n) is 21.6. The lowest BCUT2D eigenvalue weighted by Crippen LogP contribution is -2.39. The van der Waals surface area contributed by atoms with Crippen molar-refractivity contribution in [1.29, 1.82) is 0 Å². The molecule has 0 bridgehead atoms. The summed E-state index contributed by atoms with van der Waals surface area (Å²) in [6, 6.07) is 5.68. The minimum absolute atomic E-state index is 0.0657. The first kappa shape index (κ1) is 33.5. The molecule has 1 unspecified atom stereocenters. The summed E-state index contributed by atoms with van der Waals surface area (Å²) in [5.41, 5.74) is 1.85.